The molecule has 0 aliphatic heterocycles. The maximum absolute atomic E-state index is 13.9. The molecular weight excluding hydrogens is 470 g/mol. The maximum Gasteiger partial charge on any atom is 0.408 e. The third kappa shape index (κ3) is 9.12. The van der Waals surface area contributed by atoms with E-state index in [4.69, 9.17) is 4.74 Å². The zero-order chi connectivity index (χ0) is 28.1. The highest BCUT2D eigenvalue weighted by Gasteiger charge is 2.36. The highest BCUT2D eigenvalue weighted by molar-refractivity contribution is 5.92. The molecule has 0 saturated carbocycles. The van der Waals surface area contributed by atoms with E-state index in [0.29, 0.717) is 5.56 Å². The molecule has 0 aliphatic carbocycles. The van der Waals surface area contributed by atoms with E-state index in [1.165, 1.54) is 17.0 Å². The van der Waals surface area contributed by atoms with E-state index in [-0.39, 0.29) is 18.1 Å². The first kappa shape index (κ1) is 29.7. The van der Waals surface area contributed by atoms with E-state index in [1.807, 2.05) is 52.8 Å². The lowest BCUT2D eigenvalue weighted by Crippen LogP contribution is -2.54. The highest BCUT2D eigenvalue weighted by Crippen LogP contribution is 2.26. The number of likely N-dealkylation sites (N-methyl/N-ethyl adjacent to an activating group) is 1. The van der Waals surface area contributed by atoms with Crippen LogP contribution in [0, 0.1) is 13.8 Å². The van der Waals surface area contributed by atoms with Crippen LogP contribution in [-0.2, 0) is 20.7 Å². The number of hydrogen-bond donors (Lipinski definition) is 3. The van der Waals surface area contributed by atoms with Crippen molar-refractivity contribution in [3.05, 3.63) is 64.7 Å². The maximum atomic E-state index is 13.9. The van der Waals surface area contributed by atoms with E-state index in [2.05, 4.69) is 10.6 Å². The van der Waals surface area contributed by atoms with Crippen molar-refractivity contribution < 1.29 is 24.2 Å². The summed E-state index contributed by atoms with van der Waals surface area (Å²) in [7, 11) is 1.56. The minimum absolute atomic E-state index is 0.0950. The molecule has 2 rings (SSSR count). The number of benzene rings is 2. The van der Waals surface area contributed by atoms with E-state index in [1.54, 1.807) is 40.0 Å². The summed E-state index contributed by atoms with van der Waals surface area (Å²) in [4.78, 5) is 41.5. The molecule has 37 heavy (non-hydrogen) atoms. The van der Waals surface area contributed by atoms with Gasteiger partial charge in [-0.05, 0) is 84.2 Å². The summed E-state index contributed by atoms with van der Waals surface area (Å²) in [5, 5.41) is 15.3. The summed E-state index contributed by atoms with van der Waals surface area (Å²) in [5.41, 5.74) is 2.08. The monoisotopic (exact) mass is 511 g/mol. The molecule has 3 N–H and O–H groups in total. The summed E-state index contributed by atoms with van der Waals surface area (Å²) in [5.74, 6) is -0.679. The van der Waals surface area contributed by atoms with Gasteiger partial charge in [-0.25, -0.2) is 4.79 Å². The Hall–Kier alpha value is -3.55. The molecule has 0 heterocycles. The zero-order valence-corrected chi connectivity index (χ0v) is 23.4. The minimum Gasteiger partial charge on any atom is -0.508 e. The summed E-state index contributed by atoms with van der Waals surface area (Å²) in [6, 6.07) is 10.2. The fourth-order valence-corrected chi connectivity index (χ4v) is 3.99. The molecule has 0 bridgehead atoms. The van der Waals surface area contributed by atoms with Crippen LogP contribution in [0.3, 0.4) is 0 Å². The molecule has 0 fully saturated rings. The number of aryl methyl sites for hydroxylation is 2. The molecule has 8 nitrogen and oxygen atoms in total. The van der Waals surface area contributed by atoms with Crippen LogP contribution in [0.5, 0.6) is 5.75 Å². The summed E-state index contributed by atoms with van der Waals surface area (Å²) in [6.07, 6.45) is -0.594. The second-order valence-corrected chi connectivity index (χ2v) is 11.5. The van der Waals surface area contributed by atoms with Gasteiger partial charge >= 0.3 is 6.09 Å². The minimum atomic E-state index is -1.01. The van der Waals surface area contributed by atoms with Gasteiger partial charge in [0, 0.05) is 19.0 Å². The molecule has 0 saturated heterocycles. The third-order valence-electron chi connectivity index (χ3n) is 5.57. The number of carbonyl (C=O) groups excluding carboxylic acids is 3. The first-order chi connectivity index (χ1) is 17.0. The number of phenols is 1. The first-order valence-corrected chi connectivity index (χ1v) is 12.4. The highest BCUT2D eigenvalue weighted by atomic mass is 16.6. The zero-order valence-electron chi connectivity index (χ0n) is 23.4. The van der Waals surface area contributed by atoms with Gasteiger partial charge in [0.25, 0.3) is 0 Å². The number of nitrogens with zero attached hydrogens (tertiary/aromatic N) is 1. The number of alkyl carbamates (subject to hydrolysis) is 1. The normalized spacial score (nSPS) is 13.3. The van der Waals surface area contributed by atoms with Crippen molar-refractivity contribution in [2.75, 3.05) is 7.05 Å². The van der Waals surface area contributed by atoms with Gasteiger partial charge in [0.05, 0.1) is 0 Å². The predicted molar refractivity (Wildman–Crippen MR) is 144 cm³/mol. The van der Waals surface area contributed by atoms with Gasteiger partial charge < -0.3 is 25.4 Å². The van der Waals surface area contributed by atoms with Gasteiger partial charge in [-0.15, -0.1) is 0 Å². The van der Waals surface area contributed by atoms with E-state index < -0.39 is 35.2 Å². The van der Waals surface area contributed by atoms with Gasteiger partial charge in [-0.1, -0.05) is 35.9 Å². The average molecular weight is 512 g/mol. The Bertz CT molecular complexity index is 1110. The van der Waals surface area contributed by atoms with E-state index >= 15 is 0 Å². The van der Waals surface area contributed by atoms with Crippen molar-refractivity contribution >= 4 is 17.9 Å². The van der Waals surface area contributed by atoms with Crippen molar-refractivity contribution in [1.82, 2.24) is 15.5 Å². The lowest BCUT2D eigenvalue weighted by Gasteiger charge is -2.34. The Morgan fingerprint density at radius 3 is 2.08 bits per heavy atom. The number of amides is 3. The molecule has 8 heteroatoms. The summed E-state index contributed by atoms with van der Waals surface area (Å²) in [6.45, 7) is 14.7. The molecule has 0 spiro atoms. The number of ether oxygens (including phenoxy) is 1. The summed E-state index contributed by atoms with van der Waals surface area (Å²) >= 11 is 0. The Labute approximate surface area is 220 Å². The van der Waals surface area contributed by atoms with Crippen LogP contribution in [-0.4, -0.2) is 52.1 Å². The molecule has 0 aliphatic rings. The van der Waals surface area contributed by atoms with Crippen molar-refractivity contribution in [3.63, 3.8) is 0 Å². The van der Waals surface area contributed by atoms with Crippen LogP contribution in [0.2, 0.25) is 0 Å². The van der Waals surface area contributed by atoms with Crippen molar-refractivity contribution in [1.29, 1.82) is 0 Å². The number of aromatic hydroxyl groups is 1. The molecule has 0 radical (unpaired) electrons. The van der Waals surface area contributed by atoms with E-state index in [9.17, 15) is 19.5 Å². The van der Waals surface area contributed by atoms with Crippen LogP contribution >= 0.6 is 0 Å². The Morgan fingerprint density at radius 2 is 1.57 bits per heavy atom. The van der Waals surface area contributed by atoms with Crippen LogP contribution in [0.4, 0.5) is 4.79 Å². The molecular formula is C29H41N3O5. The van der Waals surface area contributed by atoms with Gasteiger partial charge in [0.2, 0.25) is 11.8 Å². The summed E-state index contributed by atoms with van der Waals surface area (Å²) < 4.78 is 5.41. The van der Waals surface area contributed by atoms with Crippen LogP contribution < -0.4 is 10.6 Å². The lowest BCUT2D eigenvalue weighted by molar-refractivity contribution is -0.141. The van der Waals surface area contributed by atoms with Crippen molar-refractivity contribution in [2.24, 2.45) is 0 Å². The first-order valence-electron chi connectivity index (χ1n) is 12.4. The standard InChI is InChI=1S/C29H41N3O5/c1-18-10-15-22(19(2)16-18)24(25(34)31-28(3,4)5)32(9)26(35)23(30-27(36)37-29(6,7)8)17-20-11-13-21(33)14-12-20/h10-16,23-24,33H,17H2,1-9H3,(H,30,36)(H,31,34). The quantitative estimate of drug-likeness (QED) is 0.505. The Kier molecular flexibility index (Phi) is 9.36. The smallest absolute Gasteiger partial charge is 0.408 e. The molecule has 2 aromatic rings. The van der Waals surface area contributed by atoms with Gasteiger partial charge in [-0.2, -0.15) is 0 Å². The Morgan fingerprint density at radius 1 is 0.973 bits per heavy atom. The van der Waals surface area contributed by atoms with E-state index in [0.717, 1.165) is 16.7 Å². The van der Waals surface area contributed by atoms with Gasteiger partial charge in [0.1, 0.15) is 23.4 Å². The van der Waals surface area contributed by atoms with Crippen LogP contribution in [0.25, 0.3) is 0 Å². The molecule has 2 aromatic carbocycles. The SMILES string of the molecule is Cc1ccc(C(C(=O)NC(C)(C)C)N(C)C(=O)C(Cc2ccc(O)cc2)NC(=O)OC(C)(C)C)c(C)c1. The van der Waals surface area contributed by atoms with Gasteiger partial charge in [-0.3, -0.25) is 9.59 Å². The van der Waals surface area contributed by atoms with Crippen molar-refractivity contribution in [3.8, 4) is 5.75 Å². The molecule has 2 unspecified atom stereocenters. The van der Waals surface area contributed by atoms with Gasteiger partial charge in [0.15, 0.2) is 0 Å². The number of carbonyl (C=O) groups is 3. The third-order valence-corrected chi connectivity index (χ3v) is 5.57. The van der Waals surface area contributed by atoms with Crippen LogP contribution in [0.15, 0.2) is 42.5 Å². The molecule has 0 aromatic heterocycles. The molecule has 3 amide bonds. The second kappa shape index (κ2) is 11.7. The predicted octanol–water partition coefficient (Wildman–Crippen LogP) is 4.56. The fourth-order valence-electron chi connectivity index (χ4n) is 3.99. The second-order valence-electron chi connectivity index (χ2n) is 11.5. The fraction of sp³-hybridized carbons (Fsp3) is 0.483. The number of nitrogens with one attached hydrogen (secondary N) is 2. The van der Waals surface area contributed by atoms with Crippen LogP contribution in [0.1, 0.15) is 69.8 Å². The molecule has 202 valence electrons. The topological polar surface area (TPSA) is 108 Å². The average Bonchev–Trinajstić information content (AvgIpc) is 2.73. The Balaban J connectivity index is 2.47. The number of rotatable bonds is 7. The lowest BCUT2D eigenvalue weighted by atomic mass is 9.95. The van der Waals surface area contributed by atoms with Crippen molar-refractivity contribution in [2.45, 2.75) is 85.0 Å². The largest absolute Gasteiger partial charge is 0.508 e. The molecule has 2 atom stereocenters. The number of hydrogen-bond acceptors (Lipinski definition) is 5. The number of phenolic OH excluding ortho intramolecular Hbond substituents is 1.